The van der Waals surface area contributed by atoms with Crippen molar-refractivity contribution < 1.29 is 45.4 Å². The van der Waals surface area contributed by atoms with Gasteiger partial charge in [0.05, 0.1) is 17.9 Å². The Kier molecular flexibility index (Phi) is 7.57. The molecule has 0 aromatic heterocycles. The van der Waals surface area contributed by atoms with Gasteiger partial charge in [-0.2, -0.15) is 22.0 Å². The number of hydrogen-bond acceptors (Lipinski definition) is 4. The molecule has 1 rings (SSSR count). The molecule has 0 saturated heterocycles. The lowest BCUT2D eigenvalue weighted by Crippen LogP contribution is -2.45. The van der Waals surface area contributed by atoms with Gasteiger partial charge >= 0.3 is 24.0 Å². The lowest BCUT2D eigenvalue weighted by molar-refractivity contribution is -0.254. The second kappa shape index (κ2) is 8.81. The summed E-state index contributed by atoms with van der Waals surface area (Å²) in [5.74, 6) is -7.51. The maximum absolute atomic E-state index is 13.0. The van der Waals surface area contributed by atoms with E-state index in [1.807, 2.05) is 0 Å². The van der Waals surface area contributed by atoms with E-state index in [-0.39, 0.29) is 15.8 Å². The van der Waals surface area contributed by atoms with E-state index in [9.17, 15) is 35.9 Å². The minimum Gasteiger partial charge on any atom is -0.459 e. The van der Waals surface area contributed by atoms with Crippen molar-refractivity contribution in [3.63, 3.8) is 0 Å². The molecule has 0 aliphatic heterocycles. The highest BCUT2D eigenvalue weighted by Gasteiger charge is 2.57. The van der Waals surface area contributed by atoms with E-state index in [0.29, 0.717) is 0 Å². The fraction of sp³-hybridized carbons (Fsp3) is 0.429. The number of halogens is 8. The molecule has 0 spiro atoms. The zero-order chi connectivity index (χ0) is 20.1. The number of carbonyl (C=O) groups is 2. The fourth-order valence-corrected chi connectivity index (χ4v) is 1.83. The van der Waals surface area contributed by atoms with E-state index in [2.05, 4.69) is 4.74 Å². The van der Waals surface area contributed by atoms with Crippen LogP contribution in [0.1, 0.15) is 12.8 Å². The lowest BCUT2D eigenvalue weighted by atomic mass is 10.2. The number of ether oxygens (including phenoxy) is 2. The molecule has 1 atom stereocenters. The predicted molar refractivity (Wildman–Crippen MR) is 78.2 cm³/mol. The third-order valence-electron chi connectivity index (χ3n) is 2.76. The molecule has 0 fully saturated rings. The average Bonchev–Trinajstić information content (AvgIpc) is 2.54. The van der Waals surface area contributed by atoms with Crippen LogP contribution >= 0.6 is 23.2 Å². The number of benzene rings is 1. The molecule has 4 nitrogen and oxygen atoms in total. The van der Waals surface area contributed by atoms with Gasteiger partial charge in [0.25, 0.3) is 6.17 Å². The van der Waals surface area contributed by atoms with E-state index < -0.39 is 49.7 Å². The number of alkyl halides is 6. The van der Waals surface area contributed by atoms with Crippen LogP contribution < -0.4 is 4.74 Å². The molecular weight excluding hydrogens is 417 g/mol. The highest BCUT2D eigenvalue weighted by Crippen LogP contribution is 2.35. The number of carbonyl (C=O) groups excluding carboxylic acids is 2. The predicted octanol–water partition coefficient (Wildman–Crippen LogP) is 4.76. The van der Waals surface area contributed by atoms with E-state index in [1.54, 1.807) is 0 Å². The van der Waals surface area contributed by atoms with Gasteiger partial charge in [-0.25, -0.2) is 4.39 Å². The van der Waals surface area contributed by atoms with Gasteiger partial charge in [0.1, 0.15) is 5.02 Å². The molecule has 0 bridgehead atoms. The van der Waals surface area contributed by atoms with Gasteiger partial charge < -0.3 is 9.47 Å². The Morgan fingerprint density at radius 3 is 2.19 bits per heavy atom. The SMILES string of the molecule is O=C(CCC(=O)Oc1cccc(Cl)c1Cl)OCC(F)(F)C(F)C(F)(F)F. The molecule has 146 valence electrons. The van der Waals surface area contributed by atoms with Crippen molar-refractivity contribution in [2.45, 2.75) is 31.1 Å². The summed E-state index contributed by atoms with van der Waals surface area (Å²) in [6, 6.07) is 4.13. The van der Waals surface area contributed by atoms with E-state index >= 15 is 0 Å². The highest BCUT2D eigenvalue weighted by atomic mass is 35.5. The Balaban J connectivity index is 2.47. The monoisotopic (exact) mass is 426 g/mol. The quantitative estimate of drug-likeness (QED) is 0.358. The Morgan fingerprint density at radius 2 is 1.62 bits per heavy atom. The molecule has 0 heterocycles. The summed E-state index contributed by atoms with van der Waals surface area (Å²) < 4.78 is 82.9. The maximum Gasteiger partial charge on any atom is 0.425 e. The summed E-state index contributed by atoms with van der Waals surface area (Å²) in [5.41, 5.74) is 0. The maximum atomic E-state index is 13.0. The minimum atomic E-state index is -5.81. The molecule has 0 aliphatic rings. The first-order valence-corrected chi connectivity index (χ1v) is 7.49. The van der Waals surface area contributed by atoms with Crippen LogP contribution in [0.25, 0.3) is 0 Å². The van der Waals surface area contributed by atoms with Crippen LogP contribution in [-0.2, 0) is 14.3 Å². The Morgan fingerprint density at radius 1 is 1.04 bits per heavy atom. The second-order valence-electron chi connectivity index (χ2n) is 4.85. The molecule has 0 radical (unpaired) electrons. The van der Waals surface area contributed by atoms with Crippen molar-refractivity contribution in [1.29, 1.82) is 0 Å². The minimum absolute atomic E-state index is 0.0779. The molecular formula is C14H10Cl2F6O4. The zero-order valence-corrected chi connectivity index (χ0v) is 14.1. The van der Waals surface area contributed by atoms with Crippen molar-refractivity contribution >= 4 is 35.1 Å². The number of esters is 2. The second-order valence-corrected chi connectivity index (χ2v) is 5.64. The van der Waals surface area contributed by atoms with Crippen molar-refractivity contribution in [2.24, 2.45) is 0 Å². The third-order valence-corrected chi connectivity index (χ3v) is 3.56. The summed E-state index contributed by atoms with van der Waals surface area (Å²) in [4.78, 5) is 22.8. The zero-order valence-electron chi connectivity index (χ0n) is 12.6. The Bertz CT molecular complexity index is 665. The molecule has 1 aromatic carbocycles. The summed E-state index contributed by atoms with van der Waals surface area (Å²) in [6.07, 6.45) is -11.7. The summed E-state index contributed by atoms with van der Waals surface area (Å²) in [7, 11) is 0. The van der Waals surface area contributed by atoms with Crippen molar-refractivity contribution in [2.75, 3.05) is 6.61 Å². The fourth-order valence-electron chi connectivity index (χ4n) is 1.50. The van der Waals surface area contributed by atoms with Crippen LogP contribution in [0.15, 0.2) is 18.2 Å². The smallest absolute Gasteiger partial charge is 0.425 e. The molecule has 1 aromatic rings. The first-order chi connectivity index (χ1) is 11.8. The number of rotatable bonds is 7. The van der Waals surface area contributed by atoms with Crippen molar-refractivity contribution in [3.8, 4) is 5.75 Å². The van der Waals surface area contributed by atoms with Gasteiger partial charge in [0.2, 0.25) is 0 Å². The van der Waals surface area contributed by atoms with Gasteiger partial charge in [-0.05, 0) is 12.1 Å². The van der Waals surface area contributed by atoms with Gasteiger partial charge in [0.15, 0.2) is 12.4 Å². The Hall–Kier alpha value is -1.68. The molecule has 1 unspecified atom stereocenters. The van der Waals surface area contributed by atoms with Crippen LogP contribution in [0.5, 0.6) is 5.75 Å². The van der Waals surface area contributed by atoms with Crippen LogP contribution in [0.3, 0.4) is 0 Å². The average molecular weight is 427 g/mol. The molecule has 0 saturated carbocycles. The topological polar surface area (TPSA) is 52.6 Å². The van der Waals surface area contributed by atoms with Crippen molar-refractivity contribution in [1.82, 2.24) is 0 Å². The molecule has 0 amide bonds. The third kappa shape index (κ3) is 6.56. The van der Waals surface area contributed by atoms with E-state index in [0.717, 1.165) is 0 Å². The van der Waals surface area contributed by atoms with Crippen LogP contribution in [-0.4, -0.2) is 36.8 Å². The molecule has 12 heteroatoms. The van der Waals surface area contributed by atoms with Crippen LogP contribution in [0.4, 0.5) is 26.3 Å². The normalized spacial score (nSPS) is 13.2. The highest BCUT2D eigenvalue weighted by molar-refractivity contribution is 6.43. The summed E-state index contributed by atoms with van der Waals surface area (Å²) >= 11 is 11.4. The number of hydrogen-bond donors (Lipinski definition) is 0. The summed E-state index contributed by atoms with van der Waals surface area (Å²) in [6.45, 7) is -2.12. The van der Waals surface area contributed by atoms with E-state index in [4.69, 9.17) is 27.9 Å². The van der Waals surface area contributed by atoms with Gasteiger partial charge in [-0.1, -0.05) is 29.3 Å². The van der Waals surface area contributed by atoms with Crippen molar-refractivity contribution in [3.05, 3.63) is 28.2 Å². The molecule has 0 N–H and O–H groups in total. The van der Waals surface area contributed by atoms with Gasteiger partial charge in [0, 0.05) is 0 Å². The lowest BCUT2D eigenvalue weighted by Gasteiger charge is -2.22. The largest absolute Gasteiger partial charge is 0.459 e. The first kappa shape index (κ1) is 22.4. The molecule has 0 aliphatic carbocycles. The summed E-state index contributed by atoms with van der Waals surface area (Å²) in [5, 5.41) is 0.00919. The van der Waals surface area contributed by atoms with E-state index in [1.165, 1.54) is 18.2 Å². The van der Waals surface area contributed by atoms with Gasteiger partial charge in [-0.15, -0.1) is 0 Å². The standard InChI is InChI=1S/C14H10Cl2F6O4/c15-7-2-1-3-8(11(7)16)26-10(24)5-4-9(23)25-6-13(18,19)12(17)14(20,21)22/h1-3,12H,4-6H2. The first-order valence-electron chi connectivity index (χ1n) is 6.73. The molecule has 26 heavy (non-hydrogen) atoms. The van der Waals surface area contributed by atoms with Gasteiger partial charge in [-0.3, -0.25) is 9.59 Å². The van der Waals surface area contributed by atoms with Crippen LogP contribution in [0, 0.1) is 0 Å². The Labute approximate surface area is 153 Å². The van der Waals surface area contributed by atoms with Crippen LogP contribution in [0.2, 0.25) is 10.0 Å².